The van der Waals surface area contributed by atoms with Crippen molar-refractivity contribution < 1.29 is 14.7 Å². The molecule has 5 nitrogen and oxygen atoms in total. The van der Waals surface area contributed by atoms with Crippen LogP contribution in [0.25, 0.3) is 0 Å². The lowest BCUT2D eigenvalue weighted by Crippen LogP contribution is -2.51. The Morgan fingerprint density at radius 2 is 2.00 bits per heavy atom. The summed E-state index contributed by atoms with van der Waals surface area (Å²) in [4.78, 5) is 22.9. The first kappa shape index (κ1) is 14.0. The molecule has 5 heteroatoms. The number of carboxylic acids is 1. The summed E-state index contributed by atoms with van der Waals surface area (Å²) in [6, 6.07) is -1.04. The van der Waals surface area contributed by atoms with Gasteiger partial charge < -0.3 is 15.7 Å². The van der Waals surface area contributed by atoms with Crippen LogP contribution in [0.2, 0.25) is 0 Å². The average molecular weight is 242 g/mol. The summed E-state index contributed by atoms with van der Waals surface area (Å²) < 4.78 is 0. The van der Waals surface area contributed by atoms with Gasteiger partial charge in [0, 0.05) is 0 Å². The number of carboxylic acid groups (broad SMARTS) is 1. The quantitative estimate of drug-likeness (QED) is 0.679. The zero-order chi connectivity index (χ0) is 12.8. The van der Waals surface area contributed by atoms with Gasteiger partial charge in [0.15, 0.2) is 0 Å². The van der Waals surface area contributed by atoms with Gasteiger partial charge in [0.2, 0.25) is 5.91 Å². The van der Waals surface area contributed by atoms with E-state index >= 15 is 0 Å². The number of hydrogen-bond donors (Lipinski definition) is 3. The van der Waals surface area contributed by atoms with Gasteiger partial charge in [0.1, 0.15) is 6.04 Å². The van der Waals surface area contributed by atoms with E-state index in [0.29, 0.717) is 0 Å². The maximum atomic E-state index is 11.9. The van der Waals surface area contributed by atoms with Gasteiger partial charge in [0.25, 0.3) is 0 Å². The molecule has 1 unspecified atom stereocenters. The smallest absolute Gasteiger partial charge is 0.326 e. The Morgan fingerprint density at radius 3 is 2.59 bits per heavy atom. The molecule has 1 amide bonds. The number of amides is 1. The van der Waals surface area contributed by atoms with Crippen LogP contribution in [-0.2, 0) is 9.59 Å². The third-order valence-electron chi connectivity index (χ3n) is 3.11. The number of aliphatic carboxylic acids is 1. The molecule has 1 fully saturated rings. The number of carbonyl (C=O) groups excluding carboxylic acids is 1. The topological polar surface area (TPSA) is 78.4 Å². The Morgan fingerprint density at radius 1 is 1.29 bits per heavy atom. The Hall–Kier alpha value is -1.10. The molecule has 0 saturated carbocycles. The van der Waals surface area contributed by atoms with Crippen molar-refractivity contribution >= 4 is 11.9 Å². The Bertz CT molecular complexity index is 271. The maximum Gasteiger partial charge on any atom is 0.326 e. The molecule has 0 aromatic rings. The van der Waals surface area contributed by atoms with Crippen molar-refractivity contribution in [3.63, 3.8) is 0 Å². The van der Waals surface area contributed by atoms with Crippen LogP contribution in [0, 0.1) is 5.92 Å². The number of hydrogen-bond acceptors (Lipinski definition) is 3. The van der Waals surface area contributed by atoms with E-state index in [2.05, 4.69) is 10.6 Å². The molecule has 1 aliphatic heterocycles. The lowest BCUT2D eigenvalue weighted by molar-refractivity contribution is -0.143. The van der Waals surface area contributed by atoms with Gasteiger partial charge in [-0.25, -0.2) is 4.79 Å². The normalized spacial score (nSPS) is 22.9. The molecule has 1 rings (SSSR count). The van der Waals surface area contributed by atoms with Gasteiger partial charge in [-0.2, -0.15) is 0 Å². The molecule has 0 aromatic carbocycles. The largest absolute Gasteiger partial charge is 0.480 e. The highest BCUT2D eigenvalue weighted by molar-refractivity contribution is 5.87. The lowest BCUT2D eigenvalue weighted by Gasteiger charge is -2.22. The predicted octanol–water partition coefficient (Wildman–Crippen LogP) is 0.744. The highest BCUT2D eigenvalue weighted by Crippen LogP contribution is 2.09. The lowest BCUT2D eigenvalue weighted by atomic mass is 10.0. The van der Waals surface area contributed by atoms with Crippen LogP contribution >= 0.6 is 0 Å². The van der Waals surface area contributed by atoms with Gasteiger partial charge in [-0.15, -0.1) is 0 Å². The molecule has 3 N–H and O–H groups in total. The van der Waals surface area contributed by atoms with E-state index in [4.69, 9.17) is 5.11 Å². The summed E-state index contributed by atoms with van der Waals surface area (Å²) in [5, 5.41) is 14.8. The highest BCUT2D eigenvalue weighted by Gasteiger charge is 2.27. The minimum Gasteiger partial charge on any atom is -0.480 e. The van der Waals surface area contributed by atoms with Gasteiger partial charge in [-0.1, -0.05) is 26.7 Å². The molecule has 1 heterocycles. The number of rotatable bonds is 4. The number of carbonyl (C=O) groups is 2. The third kappa shape index (κ3) is 4.34. The summed E-state index contributed by atoms with van der Waals surface area (Å²) >= 11 is 0. The van der Waals surface area contributed by atoms with E-state index in [-0.39, 0.29) is 17.9 Å². The van der Waals surface area contributed by atoms with E-state index in [1.54, 1.807) is 13.8 Å². The second-order valence-corrected chi connectivity index (χ2v) is 4.92. The minimum atomic E-state index is -0.970. The first-order valence-electron chi connectivity index (χ1n) is 6.29. The summed E-state index contributed by atoms with van der Waals surface area (Å²) in [5.41, 5.74) is 0. The first-order chi connectivity index (χ1) is 8.02. The van der Waals surface area contributed by atoms with Crippen molar-refractivity contribution in [1.29, 1.82) is 0 Å². The van der Waals surface area contributed by atoms with Crippen molar-refractivity contribution in [3.8, 4) is 0 Å². The third-order valence-corrected chi connectivity index (χ3v) is 3.11. The van der Waals surface area contributed by atoms with E-state index in [1.165, 1.54) is 0 Å². The molecular weight excluding hydrogens is 220 g/mol. The number of nitrogens with one attached hydrogen (secondary N) is 2. The fourth-order valence-corrected chi connectivity index (χ4v) is 2.02. The molecule has 0 aliphatic carbocycles. The minimum absolute atomic E-state index is 0.109. The van der Waals surface area contributed by atoms with Crippen LogP contribution in [-0.4, -0.2) is 35.6 Å². The molecule has 2 atom stereocenters. The molecule has 17 heavy (non-hydrogen) atoms. The highest BCUT2D eigenvalue weighted by atomic mass is 16.4. The standard InChI is InChI=1S/C12H22N2O3/c1-8(2)10(12(16)17)14-11(15)9-6-4-3-5-7-13-9/h8-10,13H,3-7H2,1-2H3,(H,14,15)(H,16,17)/t9?,10-/m1/s1. The van der Waals surface area contributed by atoms with E-state index in [0.717, 1.165) is 32.2 Å². The molecule has 1 aliphatic rings. The molecule has 0 aromatic heterocycles. The molecule has 0 radical (unpaired) electrons. The van der Waals surface area contributed by atoms with Crippen molar-refractivity contribution in [2.24, 2.45) is 5.92 Å². The first-order valence-corrected chi connectivity index (χ1v) is 6.29. The fourth-order valence-electron chi connectivity index (χ4n) is 2.02. The predicted molar refractivity (Wildman–Crippen MR) is 64.7 cm³/mol. The van der Waals surface area contributed by atoms with Crippen LogP contribution in [0.3, 0.4) is 0 Å². The summed E-state index contributed by atoms with van der Waals surface area (Å²) in [5.74, 6) is -1.27. The van der Waals surface area contributed by atoms with Crippen LogP contribution < -0.4 is 10.6 Å². The van der Waals surface area contributed by atoms with Gasteiger partial charge >= 0.3 is 5.97 Å². The molecular formula is C12H22N2O3. The van der Waals surface area contributed by atoms with Crippen LogP contribution in [0.4, 0.5) is 0 Å². The second kappa shape index (κ2) is 6.59. The van der Waals surface area contributed by atoms with Gasteiger partial charge in [-0.3, -0.25) is 4.79 Å². The molecule has 1 saturated heterocycles. The van der Waals surface area contributed by atoms with Crippen molar-refractivity contribution in [1.82, 2.24) is 10.6 Å². The van der Waals surface area contributed by atoms with Crippen molar-refractivity contribution in [3.05, 3.63) is 0 Å². The monoisotopic (exact) mass is 242 g/mol. The maximum absolute atomic E-state index is 11.9. The Labute approximate surface area is 102 Å². The summed E-state index contributed by atoms with van der Waals surface area (Å²) in [6.07, 6.45) is 4.01. The van der Waals surface area contributed by atoms with E-state index in [9.17, 15) is 9.59 Å². The van der Waals surface area contributed by atoms with E-state index in [1.807, 2.05) is 0 Å². The Kier molecular flexibility index (Phi) is 5.41. The van der Waals surface area contributed by atoms with Crippen LogP contribution in [0.5, 0.6) is 0 Å². The second-order valence-electron chi connectivity index (χ2n) is 4.92. The van der Waals surface area contributed by atoms with Crippen LogP contribution in [0.1, 0.15) is 39.5 Å². The Balaban J connectivity index is 2.53. The van der Waals surface area contributed by atoms with Gasteiger partial charge in [0.05, 0.1) is 6.04 Å². The molecule has 98 valence electrons. The van der Waals surface area contributed by atoms with Crippen molar-refractivity contribution in [2.45, 2.75) is 51.6 Å². The zero-order valence-corrected chi connectivity index (χ0v) is 10.5. The van der Waals surface area contributed by atoms with Gasteiger partial charge in [-0.05, 0) is 25.3 Å². The van der Waals surface area contributed by atoms with E-state index < -0.39 is 12.0 Å². The summed E-state index contributed by atoms with van der Waals surface area (Å²) in [7, 11) is 0. The SMILES string of the molecule is CC(C)[C@@H](NC(=O)C1CCCCCN1)C(=O)O. The van der Waals surface area contributed by atoms with Crippen molar-refractivity contribution in [2.75, 3.05) is 6.54 Å². The fraction of sp³-hybridized carbons (Fsp3) is 0.833. The molecule has 0 bridgehead atoms. The van der Waals surface area contributed by atoms with Crippen LogP contribution in [0.15, 0.2) is 0 Å². The molecule has 0 spiro atoms. The summed E-state index contributed by atoms with van der Waals surface area (Å²) in [6.45, 7) is 4.41. The average Bonchev–Trinajstić information content (AvgIpc) is 2.52. The zero-order valence-electron chi connectivity index (χ0n) is 10.5.